The van der Waals surface area contributed by atoms with Gasteiger partial charge in [0.15, 0.2) is 0 Å². The van der Waals surface area contributed by atoms with E-state index in [1.165, 1.54) is 6.42 Å². The summed E-state index contributed by atoms with van der Waals surface area (Å²) in [6.45, 7) is 4.62. The Balaban J connectivity index is 2.69. The lowest BCUT2D eigenvalue weighted by atomic mass is 10.3. The fourth-order valence-corrected chi connectivity index (χ4v) is 0.698. The molecule has 0 fully saturated rings. The topological polar surface area (TPSA) is 18.5 Å². The summed E-state index contributed by atoms with van der Waals surface area (Å²) in [5.41, 5.74) is 0. The number of methoxy groups -OCH3 is 1. The Kier molecular flexibility index (Phi) is 9.85. The van der Waals surface area contributed by atoms with Crippen molar-refractivity contribution in [3.63, 3.8) is 0 Å². The van der Waals surface area contributed by atoms with Crippen molar-refractivity contribution in [2.75, 3.05) is 26.9 Å². The first kappa shape index (κ1) is 10.9. The van der Waals surface area contributed by atoms with Crippen LogP contribution in [-0.2, 0) is 9.47 Å². The van der Waals surface area contributed by atoms with Crippen LogP contribution in [0.4, 0.5) is 0 Å². The molecule has 0 N–H and O–H groups in total. The van der Waals surface area contributed by atoms with Crippen LogP contribution in [0.2, 0.25) is 0 Å². The van der Waals surface area contributed by atoms with Crippen molar-refractivity contribution < 1.29 is 9.47 Å². The second-order valence-electron chi connectivity index (χ2n) is 2.50. The molecular formula is C9H19O2. The van der Waals surface area contributed by atoms with E-state index in [4.69, 9.17) is 9.47 Å². The van der Waals surface area contributed by atoms with Crippen LogP contribution in [0.3, 0.4) is 0 Å². The van der Waals surface area contributed by atoms with Crippen molar-refractivity contribution in [3.8, 4) is 0 Å². The van der Waals surface area contributed by atoms with Crippen molar-refractivity contribution in [1.82, 2.24) is 0 Å². The summed E-state index contributed by atoms with van der Waals surface area (Å²) in [5.74, 6) is 0. The Hall–Kier alpha value is -0.0800. The maximum absolute atomic E-state index is 5.31. The van der Waals surface area contributed by atoms with Crippen molar-refractivity contribution in [3.05, 3.63) is 6.42 Å². The predicted molar refractivity (Wildman–Crippen MR) is 46.5 cm³/mol. The Labute approximate surface area is 69.9 Å². The summed E-state index contributed by atoms with van der Waals surface area (Å²) in [7, 11) is 1.71. The fraction of sp³-hybridized carbons (Fsp3) is 0.889. The zero-order valence-corrected chi connectivity index (χ0v) is 7.64. The molecule has 0 unspecified atom stereocenters. The minimum atomic E-state index is 0.767. The summed E-state index contributed by atoms with van der Waals surface area (Å²) in [6.07, 6.45) is 5.47. The van der Waals surface area contributed by atoms with Gasteiger partial charge in [0.1, 0.15) is 0 Å². The molecule has 0 heterocycles. The number of ether oxygens (including phenoxy) is 2. The largest absolute Gasteiger partial charge is 0.385 e. The van der Waals surface area contributed by atoms with Crippen molar-refractivity contribution in [2.45, 2.75) is 26.2 Å². The van der Waals surface area contributed by atoms with Crippen LogP contribution >= 0.6 is 0 Å². The average Bonchev–Trinajstić information content (AvgIpc) is 2.03. The standard InChI is InChI=1S/C9H19O2/c1-3-4-8-11-9-6-5-7-10-2/h6H,3-5,7-9H2,1-2H3. The summed E-state index contributed by atoms with van der Waals surface area (Å²) in [6, 6.07) is 0. The first-order valence-corrected chi connectivity index (χ1v) is 4.30. The van der Waals surface area contributed by atoms with Gasteiger partial charge in [-0.15, -0.1) is 0 Å². The molecule has 0 aromatic rings. The van der Waals surface area contributed by atoms with Crippen LogP contribution in [-0.4, -0.2) is 26.9 Å². The molecule has 0 aliphatic carbocycles. The van der Waals surface area contributed by atoms with E-state index in [-0.39, 0.29) is 0 Å². The summed E-state index contributed by atoms with van der Waals surface area (Å²) >= 11 is 0. The smallest absolute Gasteiger partial charge is 0.0498 e. The SMILES string of the molecule is CCCCOC[CH]CCOC. The van der Waals surface area contributed by atoms with E-state index in [0.29, 0.717) is 0 Å². The van der Waals surface area contributed by atoms with Gasteiger partial charge in [-0.25, -0.2) is 0 Å². The first-order chi connectivity index (χ1) is 5.41. The number of rotatable bonds is 8. The van der Waals surface area contributed by atoms with Crippen LogP contribution in [0.15, 0.2) is 0 Å². The maximum atomic E-state index is 5.31. The molecule has 2 nitrogen and oxygen atoms in total. The fourth-order valence-electron chi connectivity index (χ4n) is 0.698. The van der Waals surface area contributed by atoms with E-state index < -0.39 is 0 Å². The van der Waals surface area contributed by atoms with E-state index in [1.54, 1.807) is 7.11 Å². The molecule has 2 heteroatoms. The van der Waals surface area contributed by atoms with Crippen LogP contribution in [0.1, 0.15) is 26.2 Å². The molecule has 11 heavy (non-hydrogen) atoms. The van der Waals surface area contributed by atoms with E-state index >= 15 is 0 Å². The van der Waals surface area contributed by atoms with Gasteiger partial charge in [-0.05, 0) is 19.3 Å². The number of hydrogen-bond donors (Lipinski definition) is 0. The lowest BCUT2D eigenvalue weighted by Crippen LogP contribution is -1.99. The molecule has 0 bridgehead atoms. The highest BCUT2D eigenvalue weighted by Gasteiger charge is 1.88. The molecule has 0 aliphatic heterocycles. The van der Waals surface area contributed by atoms with Gasteiger partial charge in [0.05, 0.1) is 0 Å². The van der Waals surface area contributed by atoms with Gasteiger partial charge in [-0.1, -0.05) is 13.3 Å². The third kappa shape index (κ3) is 9.92. The third-order valence-electron chi connectivity index (χ3n) is 1.40. The first-order valence-electron chi connectivity index (χ1n) is 4.30. The lowest BCUT2D eigenvalue weighted by molar-refractivity contribution is 0.141. The van der Waals surface area contributed by atoms with Crippen LogP contribution in [0, 0.1) is 6.42 Å². The van der Waals surface area contributed by atoms with Gasteiger partial charge < -0.3 is 9.47 Å². The summed E-state index contributed by atoms with van der Waals surface area (Å²) in [5, 5.41) is 0. The van der Waals surface area contributed by atoms with E-state index in [2.05, 4.69) is 13.3 Å². The second-order valence-corrected chi connectivity index (χ2v) is 2.50. The monoisotopic (exact) mass is 159 g/mol. The van der Waals surface area contributed by atoms with E-state index in [9.17, 15) is 0 Å². The second kappa shape index (κ2) is 9.92. The average molecular weight is 159 g/mol. The molecule has 0 saturated carbocycles. The molecule has 0 aliphatic rings. The highest BCUT2D eigenvalue weighted by Crippen LogP contribution is 1.91. The van der Waals surface area contributed by atoms with Gasteiger partial charge in [0, 0.05) is 26.9 Å². The molecule has 0 amide bonds. The maximum Gasteiger partial charge on any atom is 0.0498 e. The van der Waals surface area contributed by atoms with Crippen molar-refractivity contribution in [2.24, 2.45) is 0 Å². The zero-order chi connectivity index (χ0) is 8.36. The molecule has 1 radical (unpaired) electrons. The van der Waals surface area contributed by atoms with Crippen LogP contribution < -0.4 is 0 Å². The van der Waals surface area contributed by atoms with Crippen molar-refractivity contribution >= 4 is 0 Å². The van der Waals surface area contributed by atoms with Gasteiger partial charge in [0.25, 0.3) is 0 Å². The summed E-state index contributed by atoms with van der Waals surface area (Å²) < 4.78 is 10.2. The van der Waals surface area contributed by atoms with Gasteiger partial charge >= 0.3 is 0 Å². The Morgan fingerprint density at radius 2 is 2.09 bits per heavy atom. The molecule has 0 rings (SSSR count). The number of hydrogen-bond acceptors (Lipinski definition) is 2. The molecule has 0 spiro atoms. The molecular weight excluding hydrogens is 140 g/mol. The van der Waals surface area contributed by atoms with Gasteiger partial charge in [-0.3, -0.25) is 0 Å². The highest BCUT2D eigenvalue weighted by atomic mass is 16.5. The molecule has 0 saturated heterocycles. The molecule has 0 aromatic carbocycles. The zero-order valence-electron chi connectivity index (χ0n) is 7.64. The lowest BCUT2D eigenvalue weighted by Gasteiger charge is -2.01. The molecule has 0 atom stereocenters. The Bertz CT molecular complexity index is 56.6. The normalized spacial score (nSPS) is 10.4. The van der Waals surface area contributed by atoms with Gasteiger partial charge in [0.2, 0.25) is 0 Å². The van der Waals surface area contributed by atoms with E-state index in [0.717, 1.165) is 32.7 Å². The molecule has 0 aromatic heterocycles. The minimum absolute atomic E-state index is 0.767. The molecule has 67 valence electrons. The Morgan fingerprint density at radius 1 is 1.27 bits per heavy atom. The predicted octanol–water partition coefficient (Wildman–Crippen LogP) is 2.04. The quantitative estimate of drug-likeness (QED) is 0.505. The number of unbranched alkanes of at least 4 members (excludes halogenated alkanes) is 2. The van der Waals surface area contributed by atoms with Crippen LogP contribution in [0.5, 0.6) is 0 Å². The van der Waals surface area contributed by atoms with E-state index in [1.807, 2.05) is 0 Å². The summed E-state index contributed by atoms with van der Waals surface area (Å²) in [4.78, 5) is 0. The van der Waals surface area contributed by atoms with Crippen LogP contribution in [0.25, 0.3) is 0 Å². The Morgan fingerprint density at radius 3 is 2.73 bits per heavy atom. The highest BCUT2D eigenvalue weighted by molar-refractivity contribution is 4.61. The van der Waals surface area contributed by atoms with Gasteiger partial charge in [-0.2, -0.15) is 0 Å². The third-order valence-corrected chi connectivity index (χ3v) is 1.40. The minimum Gasteiger partial charge on any atom is -0.385 e. The van der Waals surface area contributed by atoms with Crippen molar-refractivity contribution in [1.29, 1.82) is 0 Å².